The Kier molecular flexibility index (Phi) is 5.04. The van der Waals surface area contributed by atoms with Crippen LogP contribution in [0.1, 0.15) is 34.6 Å². The lowest BCUT2D eigenvalue weighted by Gasteiger charge is -2.22. The molecule has 0 spiro atoms. The number of rotatable bonds is 5. The first-order valence-electron chi connectivity index (χ1n) is 11.1. The summed E-state index contributed by atoms with van der Waals surface area (Å²) in [6.07, 6.45) is 0. The summed E-state index contributed by atoms with van der Waals surface area (Å²) in [5, 5.41) is 12.2. The molecule has 0 N–H and O–H groups in total. The zero-order chi connectivity index (χ0) is 25.0. The molecule has 0 saturated carbocycles. The normalized spacial score (nSPS) is 15.0. The maximum Gasteiger partial charge on any atom is 0.297 e. The van der Waals surface area contributed by atoms with E-state index in [0.717, 1.165) is 4.70 Å². The van der Waals surface area contributed by atoms with Gasteiger partial charge in [-0.25, -0.2) is 4.98 Å². The molecule has 10 heteroatoms. The molecule has 0 saturated heterocycles. The van der Waals surface area contributed by atoms with Crippen molar-refractivity contribution in [3.8, 4) is 5.75 Å². The highest BCUT2D eigenvalue weighted by molar-refractivity contribution is 7.22. The fourth-order valence-electron chi connectivity index (χ4n) is 4.49. The number of carbonyl (C=O) groups excluding carboxylic acids is 1. The molecule has 9 nitrogen and oxygen atoms in total. The van der Waals surface area contributed by atoms with Gasteiger partial charge >= 0.3 is 0 Å². The lowest BCUT2D eigenvalue weighted by Crippen LogP contribution is -2.29. The lowest BCUT2D eigenvalue weighted by atomic mass is 9.98. The number of anilines is 1. The van der Waals surface area contributed by atoms with Gasteiger partial charge in [0.05, 0.1) is 38.7 Å². The van der Waals surface area contributed by atoms with Gasteiger partial charge in [-0.2, -0.15) is 0 Å². The first-order valence-corrected chi connectivity index (χ1v) is 11.9. The van der Waals surface area contributed by atoms with E-state index >= 15 is 0 Å². The van der Waals surface area contributed by atoms with E-state index in [1.165, 1.54) is 34.4 Å². The van der Waals surface area contributed by atoms with Crippen LogP contribution in [0.4, 0.5) is 10.8 Å². The van der Waals surface area contributed by atoms with Crippen LogP contribution in [0.25, 0.3) is 21.2 Å². The number of thiazole rings is 1. The van der Waals surface area contributed by atoms with Crippen molar-refractivity contribution in [2.24, 2.45) is 0 Å². The smallest absolute Gasteiger partial charge is 0.297 e. The van der Waals surface area contributed by atoms with E-state index in [4.69, 9.17) is 9.15 Å². The molecule has 2 aromatic heterocycles. The molecule has 3 aromatic carbocycles. The molecule has 36 heavy (non-hydrogen) atoms. The lowest BCUT2D eigenvalue weighted by molar-refractivity contribution is -0.384. The zero-order valence-electron chi connectivity index (χ0n) is 18.8. The largest absolute Gasteiger partial charge is 0.494 e. The second-order valence-electron chi connectivity index (χ2n) is 8.16. The van der Waals surface area contributed by atoms with Crippen molar-refractivity contribution < 1.29 is 18.9 Å². The fraction of sp³-hybridized carbons (Fsp3) is 0.115. The number of amides is 1. The van der Waals surface area contributed by atoms with Gasteiger partial charge in [0.15, 0.2) is 10.6 Å². The van der Waals surface area contributed by atoms with E-state index in [-0.39, 0.29) is 22.4 Å². The second kappa shape index (κ2) is 8.28. The Bertz CT molecular complexity index is 1760. The third kappa shape index (κ3) is 3.34. The number of hydrogen-bond donors (Lipinski definition) is 0. The second-order valence-corrected chi connectivity index (χ2v) is 9.17. The molecule has 178 valence electrons. The summed E-state index contributed by atoms with van der Waals surface area (Å²) < 4.78 is 12.3. The third-order valence-electron chi connectivity index (χ3n) is 6.04. The van der Waals surface area contributed by atoms with Crippen molar-refractivity contribution in [1.29, 1.82) is 0 Å². The number of nitro groups is 1. The highest BCUT2D eigenvalue weighted by atomic mass is 32.1. The Hall–Kier alpha value is -4.57. The third-order valence-corrected chi connectivity index (χ3v) is 7.06. The van der Waals surface area contributed by atoms with Crippen molar-refractivity contribution >= 4 is 49.2 Å². The summed E-state index contributed by atoms with van der Waals surface area (Å²) >= 11 is 1.26. The maximum absolute atomic E-state index is 13.7. The topological polar surface area (TPSA) is 116 Å². The van der Waals surface area contributed by atoms with Gasteiger partial charge < -0.3 is 9.15 Å². The molecule has 0 fully saturated rings. The molecular formula is C26H17N3O6S. The van der Waals surface area contributed by atoms with Crippen LogP contribution >= 0.6 is 11.3 Å². The van der Waals surface area contributed by atoms with Crippen molar-refractivity contribution in [1.82, 2.24) is 4.98 Å². The van der Waals surface area contributed by atoms with Crippen molar-refractivity contribution in [3.05, 3.63) is 104 Å². The monoisotopic (exact) mass is 499 g/mol. The number of nitro benzene ring substituents is 1. The van der Waals surface area contributed by atoms with Crippen LogP contribution in [0.3, 0.4) is 0 Å². The quantitative estimate of drug-likeness (QED) is 0.233. The molecule has 1 atom stereocenters. The number of ether oxygens (including phenoxy) is 1. The Morgan fingerprint density at radius 3 is 2.75 bits per heavy atom. The number of fused-ring (bicyclic) bond motifs is 3. The van der Waals surface area contributed by atoms with Crippen molar-refractivity contribution in [2.75, 3.05) is 11.5 Å². The van der Waals surface area contributed by atoms with E-state index in [1.54, 1.807) is 42.5 Å². The standard InChI is InChI=1S/C26H17N3O6S/c1-2-34-16-10-11-18-20(13-16)36-26(27-18)28-22(14-6-5-7-15(12-14)29(32)33)21-23(30)17-8-3-4-9-19(17)35-24(21)25(28)31/h3-13,22H,2H2,1H3/t22-/m0/s1. The number of non-ortho nitro benzene ring substituents is 1. The summed E-state index contributed by atoms with van der Waals surface area (Å²) in [6.45, 7) is 2.40. The fourth-order valence-corrected chi connectivity index (χ4v) is 5.51. The molecule has 3 heterocycles. The van der Waals surface area contributed by atoms with Crippen LogP contribution in [0.2, 0.25) is 0 Å². The van der Waals surface area contributed by atoms with E-state index in [0.29, 0.717) is 39.5 Å². The van der Waals surface area contributed by atoms with Gasteiger partial charge in [-0.3, -0.25) is 24.6 Å². The van der Waals surface area contributed by atoms with Crippen LogP contribution in [-0.2, 0) is 0 Å². The van der Waals surface area contributed by atoms with Crippen LogP contribution in [0.15, 0.2) is 75.9 Å². The highest BCUT2D eigenvalue weighted by Crippen LogP contribution is 2.44. The molecule has 1 amide bonds. The Labute approximate surface area is 207 Å². The summed E-state index contributed by atoms with van der Waals surface area (Å²) in [4.78, 5) is 44.4. The number of benzene rings is 3. The SMILES string of the molecule is CCOc1ccc2nc(N3C(=O)c4oc5ccccc5c(=O)c4[C@@H]3c3cccc([N+](=O)[O-])c3)sc2c1. The average Bonchev–Trinajstić information content (AvgIpc) is 3.43. The number of para-hydroxylation sites is 1. The summed E-state index contributed by atoms with van der Waals surface area (Å²) in [7, 11) is 0. The Morgan fingerprint density at radius 2 is 1.94 bits per heavy atom. The van der Waals surface area contributed by atoms with Gasteiger partial charge in [-0.05, 0) is 42.8 Å². The molecule has 1 aliphatic heterocycles. The molecule has 0 aliphatic carbocycles. The van der Waals surface area contributed by atoms with Crippen LogP contribution in [0.5, 0.6) is 5.75 Å². The Morgan fingerprint density at radius 1 is 1.11 bits per heavy atom. The predicted octanol–water partition coefficient (Wildman–Crippen LogP) is 5.46. The first-order chi connectivity index (χ1) is 17.5. The van der Waals surface area contributed by atoms with Crippen molar-refractivity contribution in [2.45, 2.75) is 13.0 Å². The van der Waals surface area contributed by atoms with E-state index in [9.17, 15) is 19.7 Å². The molecule has 0 bridgehead atoms. The zero-order valence-corrected chi connectivity index (χ0v) is 19.7. The van der Waals surface area contributed by atoms with Gasteiger partial charge in [0.25, 0.3) is 11.6 Å². The summed E-state index contributed by atoms with van der Waals surface area (Å²) in [5.74, 6) is 0.0486. The molecule has 1 aliphatic rings. The van der Waals surface area contributed by atoms with E-state index in [2.05, 4.69) is 4.98 Å². The molecule has 6 rings (SSSR count). The highest BCUT2D eigenvalue weighted by Gasteiger charge is 2.45. The minimum atomic E-state index is -0.944. The molecule has 0 unspecified atom stereocenters. The maximum atomic E-state index is 13.7. The number of aromatic nitrogens is 1. The van der Waals surface area contributed by atoms with Gasteiger partial charge in [0.2, 0.25) is 5.76 Å². The average molecular weight is 500 g/mol. The number of nitrogens with zero attached hydrogens (tertiary/aromatic N) is 3. The van der Waals surface area contributed by atoms with Gasteiger partial charge in [0, 0.05) is 12.1 Å². The van der Waals surface area contributed by atoms with E-state index in [1.807, 2.05) is 13.0 Å². The van der Waals surface area contributed by atoms with Crippen LogP contribution in [0, 0.1) is 10.1 Å². The minimum absolute atomic E-state index is 0.0931. The van der Waals surface area contributed by atoms with Gasteiger partial charge in [-0.1, -0.05) is 35.6 Å². The van der Waals surface area contributed by atoms with E-state index < -0.39 is 16.9 Å². The van der Waals surface area contributed by atoms with Crippen molar-refractivity contribution in [3.63, 3.8) is 0 Å². The molecule has 5 aromatic rings. The number of carbonyl (C=O) groups is 1. The van der Waals surface area contributed by atoms with Gasteiger partial charge in [-0.15, -0.1) is 0 Å². The van der Waals surface area contributed by atoms with Crippen LogP contribution < -0.4 is 15.1 Å². The first kappa shape index (κ1) is 21.9. The number of hydrogen-bond acceptors (Lipinski definition) is 8. The van der Waals surface area contributed by atoms with Crippen LogP contribution in [-0.4, -0.2) is 22.4 Å². The Balaban J connectivity index is 1.60. The summed E-state index contributed by atoms with van der Waals surface area (Å²) in [6, 6.07) is 17.1. The van der Waals surface area contributed by atoms with Gasteiger partial charge in [0.1, 0.15) is 11.3 Å². The molecule has 0 radical (unpaired) electrons. The minimum Gasteiger partial charge on any atom is -0.494 e. The summed E-state index contributed by atoms with van der Waals surface area (Å²) in [5.41, 5.74) is 0.981. The molecular weight excluding hydrogens is 482 g/mol. The predicted molar refractivity (Wildman–Crippen MR) is 135 cm³/mol.